The van der Waals surface area contributed by atoms with Crippen molar-refractivity contribution in [2.24, 2.45) is 0 Å². The first-order chi connectivity index (χ1) is 26.6. The van der Waals surface area contributed by atoms with Crippen LogP contribution in [-0.4, -0.2) is 52.0 Å². The number of oxazole rings is 1. The molecule has 4 heterocycles. The number of unbranched alkanes of at least 4 members (excludes halogenated alkanes) is 3. The molecule has 0 bridgehead atoms. The molecular weight excluding hydrogens is 703 g/mol. The summed E-state index contributed by atoms with van der Waals surface area (Å²) in [5.74, 6) is 1.22. The lowest BCUT2D eigenvalue weighted by molar-refractivity contribution is -0.236. The molecular formula is C43H47N3O7S. The van der Waals surface area contributed by atoms with E-state index in [4.69, 9.17) is 33.6 Å². The van der Waals surface area contributed by atoms with Crippen molar-refractivity contribution in [2.45, 2.75) is 99.9 Å². The third-order valence-electron chi connectivity index (χ3n) is 10.2. The highest BCUT2D eigenvalue weighted by atomic mass is 32.2. The van der Waals surface area contributed by atoms with Crippen LogP contribution in [0.5, 0.6) is 0 Å². The van der Waals surface area contributed by atoms with E-state index in [0.717, 1.165) is 77.1 Å². The summed E-state index contributed by atoms with van der Waals surface area (Å²) in [7, 11) is 0. The summed E-state index contributed by atoms with van der Waals surface area (Å²) in [6.45, 7) is -0.00222. The number of hydrogen-bond acceptors (Lipinski definition) is 11. The van der Waals surface area contributed by atoms with Crippen LogP contribution in [0, 0.1) is 0 Å². The molecule has 11 heteroatoms. The minimum Gasteiger partial charge on any atom is -0.431 e. The third kappa shape index (κ3) is 9.42. The highest BCUT2D eigenvalue weighted by Gasteiger charge is 2.39. The molecule has 8 rings (SSSR count). The smallest absolute Gasteiger partial charge is 0.256 e. The van der Waals surface area contributed by atoms with Gasteiger partial charge in [-0.25, -0.2) is 4.98 Å². The van der Waals surface area contributed by atoms with Crippen molar-refractivity contribution in [1.82, 2.24) is 10.5 Å². The number of benzene rings is 4. The molecule has 1 aromatic heterocycles. The van der Waals surface area contributed by atoms with E-state index in [9.17, 15) is 5.11 Å². The minimum absolute atomic E-state index is 0.00222. The average Bonchev–Trinajstić information content (AvgIpc) is 4.13. The molecule has 5 unspecified atom stereocenters. The minimum atomic E-state index is -0.515. The average molecular weight is 750 g/mol. The van der Waals surface area contributed by atoms with Gasteiger partial charge in [0.1, 0.15) is 17.9 Å². The molecule has 3 aliphatic heterocycles. The number of hydroxylamine groups is 1. The van der Waals surface area contributed by atoms with E-state index in [0.29, 0.717) is 17.4 Å². The van der Waals surface area contributed by atoms with Crippen molar-refractivity contribution in [3.05, 3.63) is 126 Å². The fourth-order valence-electron chi connectivity index (χ4n) is 7.10. The molecule has 3 aliphatic rings. The quantitative estimate of drug-likeness (QED) is 0.0296. The molecule has 3 fully saturated rings. The predicted molar refractivity (Wildman–Crippen MR) is 207 cm³/mol. The summed E-state index contributed by atoms with van der Waals surface area (Å²) in [4.78, 5) is 4.93. The number of epoxide rings is 2. The van der Waals surface area contributed by atoms with Gasteiger partial charge in [-0.2, -0.15) is 5.48 Å². The van der Waals surface area contributed by atoms with Crippen LogP contribution in [0.15, 0.2) is 119 Å². The van der Waals surface area contributed by atoms with Crippen LogP contribution in [0.4, 0.5) is 5.69 Å². The summed E-state index contributed by atoms with van der Waals surface area (Å²) in [5.41, 5.74) is 8.94. The Morgan fingerprint density at radius 3 is 1.87 bits per heavy atom. The van der Waals surface area contributed by atoms with E-state index >= 15 is 0 Å². The van der Waals surface area contributed by atoms with Crippen molar-refractivity contribution in [2.75, 3.05) is 11.1 Å². The number of aliphatic hydroxyl groups is 1. The van der Waals surface area contributed by atoms with Gasteiger partial charge in [0.15, 0.2) is 24.5 Å². The van der Waals surface area contributed by atoms with Gasteiger partial charge in [-0.15, -0.1) is 0 Å². The first-order valence-corrected chi connectivity index (χ1v) is 19.9. The van der Waals surface area contributed by atoms with Crippen LogP contribution in [0.2, 0.25) is 0 Å². The van der Waals surface area contributed by atoms with Crippen molar-refractivity contribution in [1.29, 1.82) is 0 Å². The van der Waals surface area contributed by atoms with Crippen molar-refractivity contribution in [3.63, 3.8) is 0 Å². The second kappa shape index (κ2) is 17.6. The van der Waals surface area contributed by atoms with Gasteiger partial charge in [-0.3, -0.25) is 0 Å². The van der Waals surface area contributed by atoms with Gasteiger partial charge in [0.2, 0.25) is 0 Å². The first kappa shape index (κ1) is 36.9. The highest BCUT2D eigenvalue weighted by molar-refractivity contribution is 7.99. The van der Waals surface area contributed by atoms with Crippen LogP contribution in [0.3, 0.4) is 0 Å². The number of thioether (sulfide) groups is 1. The molecule has 7 atom stereocenters. The molecule has 0 spiro atoms. The zero-order chi connectivity index (χ0) is 36.7. The van der Waals surface area contributed by atoms with Crippen LogP contribution in [-0.2, 0) is 25.6 Å². The topological polar surface area (TPSA) is 134 Å². The van der Waals surface area contributed by atoms with Gasteiger partial charge in [-0.05, 0) is 41.7 Å². The number of rotatable bonds is 18. The van der Waals surface area contributed by atoms with E-state index < -0.39 is 6.29 Å². The predicted octanol–water partition coefficient (Wildman–Crippen LogP) is 9.02. The Hall–Kier alpha value is -4.04. The van der Waals surface area contributed by atoms with Crippen LogP contribution < -0.4 is 10.8 Å². The van der Waals surface area contributed by atoms with Crippen LogP contribution in [0.25, 0.3) is 22.6 Å². The molecule has 4 N–H and O–H groups in total. The normalized spacial score (nSPS) is 24.7. The summed E-state index contributed by atoms with van der Waals surface area (Å²) in [6.07, 6.45) is 6.66. The number of nitrogens with one attached hydrogen (secondary N) is 2. The third-order valence-corrected chi connectivity index (χ3v) is 11.1. The lowest BCUT2D eigenvalue weighted by atomic mass is 9.96. The Labute approximate surface area is 320 Å². The first-order valence-electron chi connectivity index (χ1n) is 19.0. The number of aliphatic hydroxyl groups excluding tert-OH is 1. The lowest BCUT2D eigenvalue weighted by Gasteiger charge is -2.36. The molecule has 3 saturated heterocycles. The monoisotopic (exact) mass is 749 g/mol. The Morgan fingerprint density at radius 2 is 1.26 bits per heavy atom. The molecule has 0 saturated carbocycles. The molecule has 0 amide bonds. The van der Waals surface area contributed by atoms with Crippen LogP contribution >= 0.6 is 11.8 Å². The van der Waals surface area contributed by atoms with Gasteiger partial charge in [0, 0.05) is 23.2 Å². The number of nitrogens with zero attached hydrogens (tertiary/aromatic N) is 1. The lowest BCUT2D eigenvalue weighted by Crippen LogP contribution is -2.31. The Balaban J connectivity index is 0.891. The summed E-state index contributed by atoms with van der Waals surface area (Å²) < 4.78 is 30.8. The van der Waals surface area contributed by atoms with E-state index in [1.807, 2.05) is 84.9 Å². The maximum atomic E-state index is 9.62. The molecule has 282 valence electrons. The maximum Gasteiger partial charge on any atom is 0.256 e. The van der Waals surface area contributed by atoms with Gasteiger partial charge < -0.3 is 39.0 Å². The Bertz CT molecular complexity index is 1850. The molecule has 0 aliphatic carbocycles. The van der Waals surface area contributed by atoms with Gasteiger partial charge in [0.05, 0.1) is 24.6 Å². The van der Waals surface area contributed by atoms with E-state index in [1.54, 1.807) is 0 Å². The fraction of sp³-hybridized carbons (Fsp3) is 0.372. The largest absolute Gasteiger partial charge is 0.431 e. The van der Waals surface area contributed by atoms with Gasteiger partial charge in [0.25, 0.3) is 5.22 Å². The van der Waals surface area contributed by atoms with E-state index in [1.165, 1.54) is 18.2 Å². The van der Waals surface area contributed by atoms with Crippen molar-refractivity contribution >= 4 is 17.4 Å². The number of ether oxygens (including phenoxy) is 4. The molecule has 5 aromatic rings. The van der Waals surface area contributed by atoms with Crippen molar-refractivity contribution < 1.29 is 33.7 Å². The molecule has 10 nitrogen and oxygen atoms in total. The fourth-order valence-corrected chi connectivity index (χ4v) is 7.83. The van der Waals surface area contributed by atoms with Gasteiger partial charge >= 0.3 is 0 Å². The number of anilines is 1. The molecule has 0 radical (unpaired) electrons. The zero-order valence-electron chi connectivity index (χ0n) is 30.1. The Kier molecular flexibility index (Phi) is 12.0. The highest BCUT2D eigenvalue weighted by Crippen LogP contribution is 2.42. The second-order valence-electron chi connectivity index (χ2n) is 14.1. The SMILES string of the molecule is OCc1ccc([C@H]2CC(c3ccc(NC4OC4CCCCCCC4OC4NO)cc3)O[C@@H](CSc3nc(-c4ccccc4)c(-c4ccccc4)o3)O2)cc1. The van der Waals surface area contributed by atoms with Crippen LogP contribution in [0.1, 0.15) is 73.8 Å². The standard InChI is InChI=1S/C43H47N3O7S/c47-26-28-17-19-29(20-18-28)36-25-37(30-21-23-33(24-22-30)44-41-34(51-41)15-9-1-2-10-16-35-42(46-48)52-35)50-38(49-36)27-54-43-45-39(31-11-5-3-6-12-31)40(53-43)32-13-7-4-8-14-32/h3-8,11-14,17-24,34-38,41-42,44,46-48H,1-2,9-10,15-16,25-27H2/t34?,35?,36-,37?,38+,41?,42?/m1/s1. The second-order valence-corrected chi connectivity index (χ2v) is 15.1. The van der Waals surface area contributed by atoms with Gasteiger partial charge in [-0.1, -0.05) is 135 Å². The molecule has 4 aromatic carbocycles. The van der Waals surface area contributed by atoms with E-state index in [-0.39, 0.29) is 43.5 Å². The Morgan fingerprint density at radius 1 is 0.667 bits per heavy atom. The number of aromatic nitrogens is 1. The molecule has 54 heavy (non-hydrogen) atoms. The van der Waals surface area contributed by atoms with Crippen molar-refractivity contribution in [3.8, 4) is 22.6 Å². The summed E-state index contributed by atoms with van der Waals surface area (Å²) >= 11 is 1.48. The maximum absolute atomic E-state index is 9.62. The summed E-state index contributed by atoms with van der Waals surface area (Å²) in [6, 6.07) is 36.5. The number of hydrogen-bond donors (Lipinski definition) is 4. The van der Waals surface area contributed by atoms with E-state index in [2.05, 4.69) is 35.1 Å². The zero-order valence-corrected chi connectivity index (χ0v) is 30.9. The summed E-state index contributed by atoms with van der Waals surface area (Å²) in [5, 5.41) is 22.6.